The lowest BCUT2D eigenvalue weighted by atomic mass is 10.1. The first-order chi connectivity index (χ1) is 15.3. The van der Waals surface area contributed by atoms with E-state index in [4.69, 9.17) is 0 Å². The summed E-state index contributed by atoms with van der Waals surface area (Å²) in [7, 11) is 2.16. The Morgan fingerprint density at radius 2 is 1.68 bits per heavy atom. The molecule has 5 aromatic heterocycles. The zero-order valence-electron chi connectivity index (χ0n) is 17.1. The van der Waals surface area contributed by atoms with Crippen LogP contribution in [0.2, 0.25) is 0 Å². The molecular formula is C22H21N9. The molecule has 31 heavy (non-hydrogen) atoms. The van der Waals surface area contributed by atoms with Gasteiger partial charge in [0.15, 0.2) is 0 Å². The molecule has 0 aromatic carbocycles. The van der Waals surface area contributed by atoms with Crippen molar-refractivity contribution < 1.29 is 0 Å². The highest BCUT2D eigenvalue weighted by Crippen LogP contribution is 2.33. The van der Waals surface area contributed by atoms with Crippen LogP contribution in [0.25, 0.3) is 44.5 Å². The van der Waals surface area contributed by atoms with Gasteiger partial charge in [-0.25, -0.2) is 9.97 Å². The third kappa shape index (κ3) is 3.10. The van der Waals surface area contributed by atoms with Crippen molar-refractivity contribution in [3.8, 4) is 22.6 Å². The van der Waals surface area contributed by atoms with Gasteiger partial charge >= 0.3 is 0 Å². The van der Waals surface area contributed by atoms with E-state index in [1.54, 1.807) is 18.6 Å². The fourth-order valence-corrected chi connectivity index (χ4v) is 4.17. The topological polar surface area (TPSA) is 103 Å². The smallest absolute Gasteiger partial charge is 0.116 e. The first-order valence-electron chi connectivity index (χ1n) is 10.3. The van der Waals surface area contributed by atoms with Gasteiger partial charge in [-0.05, 0) is 19.2 Å². The van der Waals surface area contributed by atoms with E-state index in [0.717, 1.165) is 76.3 Å². The summed E-state index contributed by atoms with van der Waals surface area (Å²) in [5, 5.41) is 9.84. The minimum absolute atomic E-state index is 0.812. The summed E-state index contributed by atoms with van der Waals surface area (Å²) in [5.74, 6) is 0. The van der Waals surface area contributed by atoms with Crippen LogP contribution in [0.1, 0.15) is 0 Å². The predicted molar refractivity (Wildman–Crippen MR) is 120 cm³/mol. The quantitative estimate of drug-likeness (QED) is 0.471. The largest absolute Gasteiger partial charge is 0.367 e. The highest BCUT2D eigenvalue weighted by molar-refractivity contribution is 6.00. The summed E-state index contributed by atoms with van der Waals surface area (Å²) in [6.45, 7) is 4.10. The van der Waals surface area contributed by atoms with Crippen molar-refractivity contribution >= 4 is 27.5 Å². The number of piperazine rings is 1. The van der Waals surface area contributed by atoms with Crippen LogP contribution in [0, 0.1) is 0 Å². The summed E-state index contributed by atoms with van der Waals surface area (Å²) in [6, 6.07) is 4.20. The number of H-pyrrole nitrogens is 2. The Bertz CT molecular complexity index is 1360. The van der Waals surface area contributed by atoms with Crippen LogP contribution in [0.3, 0.4) is 0 Å². The van der Waals surface area contributed by atoms with Gasteiger partial charge in [0.05, 0.1) is 46.7 Å². The van der Waals surface area contributed by atoms with Gasteiger partial charge in [0.25, 0.3) is 0 Å². The monoisotopic (exact) mass is 411 g/mol. The molecule has 0 radical (unpaired) electrons. The number of aromatic nitrogens is 7. The molecule has 154 valence electrons. The van der Waals surface area contributed by atoms with Gasteiger partial charge in [-0.1, -0.05) is 0 Å². The maximum atomic E-state index is 4.58. The third-order valence-corrected chi connectivity index (χ3v) is 5.93. The first-order valence-corrected chi connectivity index (χ1v) is 10.3. The van der Waals surface area contributed by atoms with Crippen LogP contribution >= 0.6 is 0 Å². The van der Waals surface area contributed by atoms with Crippen molar-refractivity contribution in [1.29, 1.82) is 0 Å². The van der Waals surface area contributed by atoms with Crippen LogP contribution in [0.15, 0.2) is 49.4 Å². The van der Waals surface area contributed by atoms with Gasteiger partial charge in [0, 0.05) is 54.9 Å². The van der Waals surface area contributed by atoms with Crippen molar-refractivity contribution in [2.45, 2.75) is 0 Å². The van der Waals surface area contributed by atoms with Crippen molar-refractivity contribution in [3.05, 3.63) is 49.4 Å². The number of nitrogens with one attached hydrogen (secondary N) is 2. The normalized spacial score (nSPS) is 15.2. The molecule has 0 saturated carbocycles. The lowest BCUT2D eigenvalue weighted by Crippen LogP contribution is -2.44. The molecule has 9 heteroatoms. The molecule has 0 atom stereocenters. The van der Waals surface area contributed by atoms with Gasteiger partial charge in [0.2, 0.25) is 0 Å². The predicted octanol–water partition coefficient (Wildman–Crippen LogP) is 2.71. The lowest BCUT2D eigenvalue weighted by molar-refractivity contribution is 0.313. The van der Waals surface area contributed by atoms with Gasteiger partial charge in [-0.2, -0.15) is 5.10 Å². The van der Waals surface area contributed by atoms with Crippen molar-refractivity contribution in [1.82, 2.24) is 40.0 Å². The minimum Gasteiger partial charge on any atom is -0.367 e. The van der Waals surface area contributed by atoms with Crippen molar-refractivity contribution in [3.63, 3.8) is 0 Å². The number of rotatable bonds is 3. The second kappa shape index (κ2) is 7.13. The van der Waals surface area contributed by atoms with E-state index < -0.39 is 0 Å². The number of pyridine rings is 2. The number of hydrogen-bond donors (Lipinski definition) is 2. The Balaban J connectivity index is 1.44. The Hall–Kier alpha value is -3.85. The number of likely N-dealkylation sites (N-methyl/N-ethyl adjacent to an activating group) is 1. The standard InChI is InChI=1S/C22H21N9/c1-30-2-4-31(5-3-30)21-12-23-10-19-15(21)6-18(27-19)22-16-7-17(14-8-24-13-25-9-14)26-11-20(16)28-29-22/h6-13,27H,2-5H2,1H3,(H,28,29). The highest BCUT2D eigenvalue weighted by Gasteiger charge is 2.19. The van der Waals surface area contributed by atoms with E-state index >= 15 is 0 Å². The molecule has 0 spiro atoms. The van der Waals surface area contributed by atoms with Gasteiger partial charge in [-0.15, -0.1) is 0 Å². The van der Waals surface area contributed by atoms with Gasteiger partial charge in [0.1, 0.15) is 12.0 Å². The average molecular weight is 411 g/mol. The second-order valence-electron chi connectivity index (χ2n) is 7.91. The number of aromatic amines is 2. The average Bonchev–Trinajstić information content (AvgIpc) is 3.43. The fraction of sp³-hybridized carbons (Fsp3) is 0.227. The van der Waals surface area contributed by atoms with Gasteiger partial charge < -0.3 is 14.8 Å². The van der Waals surface area contributed by atoms with Crippen LogP contribution in [0.4, 0.5) is 5.69 Å². The number of nitrogens with zero attached hydrogens (tertiary/aromatic N) is 7. The number of anilines is 1. The molecule has 6 rings (SSSR count). The molecule has 5 aromatic rings. The summed E-state index contributed by atoms with van der Waals surface area (Å²) >= 11 is 0. The van der Waals surface area contributed by atoms with E-state index in [2.05, 4.69) is 58.0 Å². The van der Waals surface area contributed by atoms with E-state index in [0.29, 0.717) is 0 Å². The van der Waals surface area contributed by atoms with E-state index in [-0.39, 0.29) is 0 Å². The molecule has 1 saturated heterocycles. The van der Waals surface area contributed by atoms with Crippen LogP contribution < -0.4 is 4.90 Å². The number of fused-ring (bicyclic) bond motifs is 2. The molecule has 0 aliphatic carbocycles. The van der Waals surface area contributed by atoms with Crippen molar-refractivity contribution in [2.24, 2.45) is 0 Å². The summed E-state index contributed by atoms with van der Waals surface area (Å²) < 4.78 is 0. The molecular weight excluding hydrogens is 390 g/mol. The Kier molecular flexibility index (Phi) is 4.13. The zero-order chi connectivity index (χ0) is 20.8. The maximum Gasteiger partial charge on any atom is 0.116 e. The summed E-state index contributed by atoms with van der Waals surface area (Å²) in [6.07, 6.45) is 10.7. The highest BCUT2D eigenvalue weighted by atomic mass is 15.3. The molecule has 0 unspecified atom stereocenters. The minimum atomic E-state index is 0.812. The molecule has 0 amide bonds. The molecule has 1 fully saturated rings. The third-order valence-electron chi connectivity index (χ3n) is 5.93. The van der Waals surface area contributed by atoms with E-state index in [1.165, 1.54) is 6.33 Å². The van der Waals surface area contributed by atoms with E-state index in [1.807, 2.05) is 18.5 Å². The zero-order valence-corrected chi connectivity index (χ0v) is 17.1. The molecule has 0 bridgehead atoms. The fourth-order valence-electron chi connectivity index (χ4n) is 4.17. The van der Waals surface area contributed by atoms with Crippen LogP contribution in [0.5, 0.6) is 0 Å². The Morgan fingerprint density at radius 1 is 0.839 bits per heavy atom. The number of hydrogen-bond acceptors (Lipinski definition) is 7. The summed E-state index contributed by atoms with van der Waals surface area (Å²) in [4.78, 5) is 25.5. The SMILES string of the molecule is CN1CCN(c2cncc3[nH]c(-c4n[nH]c5cnc(-c6cncnc6)cc45)cc23)CC1. The van der Waals surface area contributed by atoms with Gasteiger partial charge in [-0.3, -0.25) is 15.1 Å². The van der Waals surface area contributed by atoms with Crippen LogP contribution in [-0.4, -0.2) is 73.2 Å². The second-order valence-corrected chi connectivity index (χ2v) is 7.91. The Labute approximate surface area is 178 Å². The Morgan fingerprint density at radius 3 is 2.52 bits per heavy atom. The lowest BCUT2D eigenvalue weighted by Gasteiger charge is -2.34. The van der Waals surface area contributed by atoms with Crippen LogP contribution in [-0.2, 0) is 0 Å². The molecule has 6 heterocycles. The maximum absolute atomic E-state index is 4.58. The first kappa shape index (κ1) is 18.0. The summed E-state index contributed by atoms with van der Waals surface area (Å²) in [5.41, 5.74) is 6.54. The molecule has 9 nitrogen and oxygen atoms in total. The molecule has 1 aliphatic heterocycles. The van der Waals surface area contributed by atoms with E-state index in [9.17, 15) is 0 Å². The molecule has 1 aliphatic rings. The molecule has 2 N–H and O–H groups in total. The van der Waals surface area contributed by atoms with Crippen molar-refractivity contribution in [2.75, 3.05) is 38.1 Å².